The zero-order valence-corrected chi connectivity index (χ0v) is 10.6. The maximum atomic E-state index is 11.6. The van der Waals surface area contributed by atoms with Crippen LogP contribution in [0.25, 0.3) is 0 Å². The number of carbonyl (C=O) groups is 2. The van der Waals surface area contributed by atoms with Crippen molar-refractivity contribution in [3.8, 4) is 0 Å². The number of nitrogens with zero attached hydrogens (tertiary/aromatic N) is 3. The van der Waals surface area contributed by atoms with E-state index < -0.39 is 5.97 Å². The van der Waals surface area contributed by atoms with Crippen molar-refractivity contribution in [2.24, 2.45) is 5.92 Å². The number of amides is 1. The van der Waals surface area contributed by atoms with Crippen molar-refractivity contribution >= 4 is 11.9 Å². The van der Waals surface area contributed by atoms with Crippen molar-refractivity contribution in [3.05, 3.63) is 11.9 Å². The van der Waals surface area contributed by atoms with E-state index in [0.29, 0.717) is 13.1 Å². The molecule has 0 saturated carbocycles. The topological polar surface area (TPSA) is 97.1 Å². The summed E-state index contributed by atoms with van der Waals surface area (Å²) >= 11 is 0. The Kier molecular flexibility index (Phi) is 5.29. The monoisotopic (exact) mass is 254 g/mol. The molecule has 7 heteroatoms. The van der Waals surface area contributed by atoms with Crippen LogP contribution >= 0.6 is 0 Å². The van der Waals surface area contributed by atoms with Crippen LogP contribution in [0, 0.1) is 5.92 Å². The van der Waals surface area contributed by atoms with Gasteiger partial charge in [-0.2, -0.15) is 0 Å². The lowest BCUT2D eigenvalue weighted by atomic mass is 10.1. The lowest BCUT2D eigenvalue weighted by molar-refractivity contribution is -0.124. The molecule has 1 atom stereocenters. The summed E-state index contributed by atoms with van der Waals surface area (Å²) in [4.78, 5) is 22.2. The van der Waals surface area contributed by atoms with E-state index in [2.05, 4.69) is 15.6 Å². The standard InChI is InChI=1S/C11H18N4O3/c1-3-4-8(2)10(16)12-5-6-15-7-9(11(17)18)13-14-15/h7-8H,3-6H2,1-2H3,(H,12,16)(H,17,18). The van der Waals surface area contributed by atoms with Crippen LogP contribution in [-0.2, 0) is 11.3 Å². The van der Waals surface area contributed by atoms with E-state index >= 15 is 0 Å². The van der Waals surface area contributed by atoms with Gasteiger partial charge in [-0.05, 0) is 6.42 Å². The van der Waals surface area contributed by atoms with Crippen LogP contribution < -0.4 is 5.32 Å². The van der Waals surface area contributed by atoms with Crippen molar-refractivity contribution in [1.82, 2.24) is 20.3 Å². The molecule has 0 fully saturated rings. The van der Waals surface area contributed by atoms with E-state index in [1.165, 1.54) is 10.9 Å². The molecule has 18 heavy (non-hydrogen) atoms. The van der Waals surface area contributed by atoms with Gasteiger partial charge in [0.2, 0.25) is 5.91 Å². The smallest absolute Gasteiger partial charge is 0.358 e. The van der Waals surface area contributed by atoms with Crippen molar-refractivity contribution < 1.29 is 14.7 Å². The molecule has 0 spiro atoms. The number of aromatic carboxylic acids is 1. The van der Waals surface area contributed by atoms with E-state index in [4.69, 9.17) is 5.11 Å². The molecule has 1 rings (SSSR count). The van der Waals surface area contributed by atoms with Crippen molar-refractivity contribution in [1.29, 1.82) is 0 Å². The number of aromatic nitrogens is 3. The van der Waals surface area contributed by atoms with Crippen LogP contribution in [0.2, 0.25) is 0 Å². The molecule has 100 valence electrons. The van der Waals surface area contributed by atoms with E-state index in [0.717, 1.165) is 12.8 Å². The van der Waals surface area contributed by atoms with E-state index in [1.807, 2.05) is 13.8 Å². The SMILES string of the molecule is CCCC(C)C(=O)NCCn1cc(C(=O)O)nn1. The third-order valence-corrected chi connectivity index (χ3v) is 2.57. The van der Waals surface area contributed by atoms with E-state index in [1.54, 1.807) is 0 Å². The molecule has 2 N–H and O–H groups in total. The number of carbonyl (C=O) groups excluding carboxylic acids is 1. The Morgan fingerprint density at radius 1 is 1.56 bits per heavy atom. The fourth-order valence-electron chi connectivity index (χ4n) is 1.54. The van der Waals surface area contributed by atoms with E-state index in [9.17, 15) is 9.59 Å². The quantitative estimate of drug-likeness (QED) is 0.739. The molecule has 1 amide bonds. The minimum atomic E-state index is -1.11. The zero-order chi connectivity index (χ0) is 13.5. The molecule has 0 aliphatic carbocycles. The third kappa shape index (κ3) is 4.15. The third-order valence-electron chi connectivity index (χ3n) is 2.57. The summed E-state index contributed by atoms with van der Waals surface area (Å²) in [6, 6.07) is 0. The molecule has 0 radical (unpaired) electrons. The molecule has 1 heterocycles. The first-order valence-electron chi connectivity index (χ1n) is 5.95. The second kappa shape index (κ2) is 6.73. The first kappa shape index (κ1) is 14.1. The van der Waals surface area contributed by atoms with Crippen molar-refractivity contribution in [3.63, 3.8) is 0 Å². The van der Waals surface area contributed by atoms with Gasteiger partial charge in [-0.15, -0.1) is 5.10 Å². The number of carboxylic acids is 1. The lowest BCUT2D eigenvalue weighted by Crippen LogP contribution is -2.31. The Morgan fingerprint density at radius 2 is 2.28 bits per heavy atom. The van der Waals surface area contributed by atoms with Gasteiger partial charge in [0.05, 0.1) is 12.7 Å². The summed E-state index contributed by atoms with van der Waals surface area (Å²) in [7, 11) is 0. The van der Waals surface area contributed by atoms with Gasteiger partial charge in [0.25, 0.3) is 0 Å². The van der Waals surface area contributed by atoms with Gasteiger partial charge in [-0.3, -0.25) is 4.79 Å². The summed E-state index contributed by atoms with van der Waals surface area (Å²) in [5.74, 6) is -1.10. The average molecular weight is 254 g/mol. The first-order valence-corrected chi connectivity index (χ1v) is 5.95. The fraction of sp³-hybridized carbons (Fsp3) is 0.636. The Hall–Kier alpha value is -1.92. The summed E-state index contributed by atoms with van der Waals surface area (Å²) in [5.41, 5.74) is -0.0966. The minimum absolute atomic E-state index is 0.000303. The van der Waals surface area contributed by atoms with Crippen molar-refractivity contribution in [2.75, 3.05) is 6.54 Å². The van der Waals surface area contributed by atoms with Crippen LogP contribution in [0.1, 0.15) is 37.2 Å². The summed E-state index contributed by atoms with van der Waals surface area (Å²) in [6.07, 6.45) is 3.17. The second-order valence-electron chi connectivity index (χ2n) is 4.15. The molecule has 1 aromatic rings. The first-order chi connectivity index (χ1) is 8.54. The van der Waals surface area contributed by atoms with Gasteiger partial charge in [0.1, 0.15) is 0 Å². The maximum Gasteiger partial charge on any atom is 0.358 e. The number of nitrogens with one attached hydrogen (secondary N) is 1. The van der Waals surface area contributed by atoms with Crippen LogP contribution in [0.4, 0.5) is 0 Å². The minimum Gasteiger partial charge on any atom is -0.476 e. The lowest BCUT2D eigenvalue weighted by Gasteiger charge is -2.10. The predicted molar refractivity (Wildman–Crippen MR) is 64.1 cm³/mol. The fourth-order valence-corrected chi connectivity index (χ4v) is 1.54. The van der Waals surface area contributed by atoms with E-state index in [-0.39, 0.29) is 17.5 Å². The van der Waals surface area contributed by atoms with Crippen LogP contribution in [0.3, 0.4) is 0 Å². The summed E-state index contributed by atoms with van der Waals surface area (Å²) < 4.78 is 1.40. The molecule has 0 bridgehead atoms. The van der Waals surface area contributed by atoms with Crippen LogP contribution in [0.15, 0.2) is 6.20 Å². The number of carboxylic acid groups (broad SMARTS) is 1. The molecular weight excluding hydrogens is 236 g/mol. The maximum absolute atomic E-state index is 11.6. The normalized spacial score (nSPS) is 12.1. The highest BCUT2D eigenvalue weighted by molar-refractivity contribution is 5.84. The second-order valence-corrected chi connectivity index (χ2v) is 4.15. The van der Waals surface area contributed by atoms with Gasteiger partial charge in [0, 0.05) is 12.5 Å². The largest absolute Gasteiger partial charge is 0.476 e. The highest BCUT2D eigenvalue weighted by Gasteiger charge is 2.11. The molecular formula is C11H18N4O3. The zero-order valence-electron chi connectivity index (χ0n) is 10.6. The molecule has 7 nitrogen and oxygen atoms in total. The Labute approximate surface area is 105 Å². The molecule has 0 aliphatic heterocycles. The molecule has 1 unspecified atom stereocenters. The summed E-state index contributed by atoms with van der Waals surface area (Å²) in [6.45, 7) is 4.74. The van der Waals surface area contributed by atoms with Gasteiger partial charge < -0.3 is 10.4 Å². The van der Waals surface area contributed by atoms with Gasteiger partial charge in [-0.1, -0.05) is 25.5 Å². The van der Waals surface area contributed by atoms with Crippen molar-refractivity contribution in [2.45, 2.75) is 33.2 Å². The molecule has 0 saturated heterocycles. The highest BCUT2D eigenvalue weighted by Crippen LogP contribution is 2.04. The van der Waals surface area contributed by atoms with Gasteiger partial charge in [-0.25, -0.2) is 9.48 Å². The average Bonchev–Trinajstić information content (AvgIpc) is 2.78. The molecule has 0 aliphatic rings. The van der Waals surface area contributed by atoms with Gasteiger partial charge >= 0.3 is 5.97 Å². The molecule has 0 aromatic carbocycles. The Morgan fingerprint density at radius 3 is 2.83 bits per heavy atom. The van der Waals surface area contributed by atoms with Gasteiger partial charge in [0.15, 0.2) is 5.69 Å². The number of hydrogen-bond acceptors (Lipinski definition) is 4. The number of rotatable bonds is 7. The summed E-state index contributed by atoms with van der Waals surface area (Å²) in [5, 5.41) is 18.6. The van der Waals surface area contributed by atoms with Crippen LogP contribution in [-0.4, -0.2) is 38.5 Å². The predicted octanol–water partition coefficient (Wildman–Crippen LogP) is 0.529. The Balaban J connectivity index is 2.32. The Bertz CT molecular complexity index is 416. The number of hydrogen-bond donors (Lipinski definition) is 2. The molecule has 1 aromatic heterocycles. The van der Waals surface area contributed by atoms with Crippen LogP contribution in [0.5, 0.6) is 0 Å². The highest BCUT2D eigenvalue weighted by atomic mass is 16.4.